The number of fused-ring (bicyclic) bond motifs is 1. The number of rotatable bonds is 4. The lowest BCUT2D eigenvalue weighted by Crippen LogP contribution is -1.98. The van der Waals surface area contributed by atoms with Crippen molar-refractivity contribution in [2.45, 2.75) is 26.7 Å². The third-order valence-electron chi connectivity index (χ3n) is 4.01. The maximum atomic E-state index is 11.0. The molecule has 0 aliphatic rings. The van der Waals surface area contributed by atoms with Gasteiger partial charge in [0.25, 0.3) is 0 Å². The molecule has 0 fully saturated rings. The number of nitrogens with one attached hydrogen (secondary N) is 1. The largest absolute Gasteiger partial charge is 0.481 e. The summed E-state index contributed by atoms with van der Waals surface area (Å²) >= 11 is 0. The molecule has 0 aliphatic carbocycles. The molecule has 0 spiro atoms. The number of H-pyrrole nitrogens is 1. The van der Waals surface area contributed by atoms with E-state index in [0.29, 0.717) is 6.42 Å². The van der Waals surface area contributed by atoms with Crippen molar-refractivity contribution in [2.24, 2.45) is 0 Å². The van der Waals surface area contributed by atoms with Gasteiger partial charge in [0.1, 0.15) is 0 Å². The van der Waals surface area contributed by atoms with Crippen LogP contribution >= 0.6 is 0 Å². The number of carboxylic acid groups (broad SMARTS) is 1. The molecule has 2 aromatic carbocycles. The molecular weight excluding hydrogens is 274 g/mol. The van der Waals surface area contributed by atoms with Gasteiger partial charge in [-0.1, -0.05) is 42.0 Å². The van der Waals surface area contributed by atoms with E-state index in [1.807, 2.05) is 18.2 Å². The molecule has 0 saturated heterocycles. The van der Waals surface area contributed by atoms with Crippen molar-refractivity contribution in [1.82, 2.24) is 4.98 Å². The maximum absolute atomic E-state index is 11.0. The van der Waals surface area contributed by atoms with Crippen molar-refractivity contribution in [1.29, 1.82) is 0 Å². The number of aromatic amines is 1. The lowest BCUT2D eigenvalue weighted by Gasteiger charge is -2.04. The second-order valence-corrected chi connectivity index (χ2v) is 5.74. The molecule has 0 unspecified atom stereocenters. The highest BCUT2D eigenvalue weighted by Crippen LogP contribution is 2.33. The Morgan fingerprint density at radius 2 is 1.86 bits per heavy atom. The average molecular weight is 293 g/mol. The van der Waals surface area contributed by atoms with Crippen LogP contribution in [0.25, 0.3) is 22.2 Å². The summed E-state index contributed by atoms with van der Waals surface area (Å²) < 4.78 is 0. The van der Waals surface area contributed by atoms with Crippen LogP contribution < -0.4 is 0 Å². The Labute approximate surface area is 129 Å². The molecule has 3 heteroatoms. The third kappa shape index (κ3) is 2.62. The minimum absolute atomic E-state index is 0.139. The molecule has 3 rings (SSSR count). The Kier molecular flexibility index (Phi) is 3.72. The molecule has 22 heavy (non-hydrogen) atoms. The Balaban J connectivity index is 2.23. The topological polar surface area (TPSA) is 53.1 Å². The monoisotopic (exact) mass is 293 g/mol. The molecule has 112 valence electrons. The van der Waals surface area contributed by atoms with Gasteiger partial charge in [-0.15, -0.1) is 0 Å². The summed E-state index contributed by atoms with van der Waals surface area (Å²) in [7, 11) is 0. The molecule has 0 radical (unpaired) electrons. The van der Waals surface area contributed by atoms with E-state index in [-0.39, 0.29) is 6.42 Å². The Morgan fingerprint density at radius 3 is 2.55 bits per heavy atom. The molecule has 0 amide bonds. The van der Waals surface area contributed by atoms with E-state index in [2.05, 4.69) is 43.1 Å². The molecule has 0 aliphatic heterocycles. The maximum Gasteiger partial charge on any atom is 0.303 e. The van der Waals surface area contributed by atoms with Gasteiger partial charge in [0.05, 0.1) is 0 Å². The van der Waals surface area contributed by atoms with Gasteiger partial charge >= 0.3 is 5.97 Å². The van der Waals surface area contributed by atoms with Crippen LogP contribution in [0.4, 0.5) is 0 Å². The van der Waals surface area contributed by atoms with E-state index < -0.39 is 5.97 Å². The summed E-state index contributed by atoms with van der Waals surface area (Å²) in [6.07, 6.45) is 0.669. The van der Waals surface area contributed by atoms with Gasteiger partial charge < -0.3 is 10.1 Å². The van der Waals surface area contributed by atoms with Crippen LogP contribution in [0.5, 0.6) is 0 Å². The summed E-state index contributed by atoms with van der Waals surface area (Å²) in [5.41, 5.74) is 6.70. The van der Waals surface area contributed by atoms with E-state index >= 15 is 0 Å². The van der Waals surface area contributed by atoms with E-state index in [4.69, 9.17) is 5.11 Å². The van der Waals surface area contributed by atoms with E-state index in [0.717, 1.165) is 27.7 Å². The number of hydrogen-bond acceptors (Lipinski definition) is 1. The predicted octanol–water partition coefficient (Wildman–Crippen LogP) is 4.47. The highest BCUT2D eigenvalue weighted by Gasteiger charge is 2.15. The van der Waals surface area contributed by atoms with Gasteiger partial charge in [-0.3, -0.25) is 4.79 Å². The summed E-state index contributed by atoms with van der Waals surface area (Å²) in [4.78, 5) is 14.5. The first kappa shape index (κ1) is 14.4. The van der Waals surface area contributed by atoms with E-state index in [1.54, 1.807) is 0 Å². The van der Waals surface area contributed by atoms with Gasteiger partial charge in [-0.05, 0) is 43.0 Å². The zero-order valence-corrected chi connectivity index (χ0v) is 12.8. The molecule has 1 heterocycles. The number of benzene rings is 2. The van der Waals surface area contributed by atoms with Gasteiger partial charge in [0, 0.05) is 23.0 Å². The molecule has 3 nitrogen and oxygen atoms in total. The first-order chi connectivity index (χ1) is 10.6. The fraction of sp³-hybridized carbons (Fsp3) is 0.211. The quantitative estimate of drug-likeness (QED) is 0.745. The summed E-state index contributed by atoms with van der Waals surface area (Å²) in [6.45, 7) is 4.16. The van der Waals surface area contributed by atoms with Gasteiger partial charge in [-0.25, -0.2) is 0 Å². The van der Waals surface area contributed by atoms with E-state index in [1.165, 1.54) is 11.1 Å². The standard InChI is InChI=1S/C19H19NO2/c1-12-10-13(2)18-16(11-12)15(8-9-17(21)22)19(20-18)14-6-4-3-5-7-14/h3-7,10-11,20H,8-9H2,1-2H3,(H,21,22). The first-order valence-electron chi connectivity index (χ1n) is 7.45. The SMILES string of the molecule is Cc1cc(C)c2[nH]c(-c3ccccc3)c(CCC(=O)O)c2c1. The first-order valence-corrected chi connectivity index (χ1v) is 7.45. The number of aryl methyl sites for hydroxylation is 3. The lowest BCUT2D eigenvalue weighted by atomic mass is 9.99. The highest BCUT2D eigenvalue weighted by molar-refractivity contribution is 5.93. The molecular formula is C19H19NO2. The van der Waals surface area contributed by atoms with Crippen molar-refractivity contribution < 1.29 is 9.90 Å². The van der Waals surface area contributed by atoms with Gasteiger partial charge in [0.15, 0.2) is 0 Å². The van der Waals surface area contributed by atoms with Gasteiger partial charge in [0.2, 0.25) is 0 Å². The zero-order chi connectivity index (χ0) is 15.7. The molecule has 1 aromatic heterocycles. The van der Waals surface area contributed by atoms with Crippen LogP contribution in [-0.4, -0.2) is 16.1 Å². The number of carbonyl (C=O) groups is 1. The van der Waals surface area contributed by atoms with Crippen molar-refractivity contribution >= 4 is 16.9 Å². The zero-order valence-electron chi connectivity index (χ0n) is 12.8. The molecule has 3 aromatic rings. The molecule has 2 N–H and O–H groups in total. The molecule has 0 atom stereocenters. The van der Waals surface area contributed by atoms with Crippen LogP contribution in [-0.2, 0) is 11.2 Å². The van der Waals surface area contributed by atoms with Crippen molar-refractivity contribution in [3.05, 3.63) is 59.2 Å². The average Bonchev–Trinajstić information content (AvgIpc) is 2.85. The molecule has 0 saturated carbocycles. The summed E-state index contributed by atoms with van der Waals surface area (Å²) in [5.74, 6) is -0.766. The third-order valence-corrected chi connectivity index (χ3v) is 4.01. The second-order valence-electron chi connectivity index (χ2n) is 5.74. The summed E-state index contributed by atoms with van der Waals surface area (Å²) in [5, 5.41) is 10.2. The van der Waals surface area contributed by atoms with Crippen LogP contribution in [0, 0.1) is 13.8 Å². The molecule has 0 bridgehead atoms. The van der Waals surface area contributed by atoms with Crippen molar-refractivity contribution in [2.75, 3.05) is 0 Å². The normalized spacial score (nSPS) is 11.0. The fourth-order valence-electron chi connectivity index (χ4n) is 3.05. The minimum atomic E-state index is -0.766. The van der Waals surface area contributed by atoms with E-state index in [9.17, 15) is 4.79 Å². The highest BCUT2D eigenvalue weighted by atomic mass is 16.4. The summed E-state index contributed by atoms with van der Waals surface area (Å²) in [6, 6.07) is 14.4. The Bertz CT molecular complexity index is 832. The number of carboxylic acids is 1. The Hall–Kier alpha value is -2.55. The number of hydrogen-bond donors (Lipinski definition) is 2. The van der Waals surface area contributed by atoms with Crippen LogP contribution in [0.2, 0.25) is 0 Å². The van der Waals surface area contributed by atoms with Crippen LogP contribution in [0.3, 0.4) is 0 Å². The fourth-order valence-corrected chi connectivity index (χ4v) is 3.05. The lowest BCUT2D eigenvalue weighted by molar-refractivity contribution is -0.136. The van der Waals surface area contributed by atoms with Gasteiger partial charge in [-0.2, -0.15) is 0 Å². The van der Waals surface area contributed by atoms with Crippen molar-refractivity contribution in [3.63, 3.8) is 0 Å². The smallest absolute Gasteiger partial charge is 0.303 e. The predicted molar refractivity (Wildman–Crippen MR) is 89.2 cm³/mol. The van der Waals surface area contributed by atoms with Crippen LogP contribution in [0.15, 0.2) is 42.5 Å². The van der Waals surface area contributed by atoms with Crippen molar-refractivity contribution in [3.8, 4) is 11.3 Å². The Morgan fingerprint density at radius 1 is 1.14 bits per heavy atom. The van der Waals surface area contributed by atoms with Crippen LogP contribution in [0.1, 0.15) is 23.1 Å². The number of aromatic nitrogens is 1. The second kappa shape index (κ2) is 5.68. The minimum Gasteiger partial charge on any atom is -0.481 e. The number of aliphatic carboxylic acids is 1.